The van der Waals surface area contributed by atoms with Gasteiger partial charge in [0.15, 0.2) is 23.1 Å². The predicted octanol–water partition coefficient (Wildman–Crippen LogP) is 12.1. The Morgan fingerprint density at radius 3 is 1.64 bits per heavy atom. The smallest absolute Gasteiger partial charge is 0.227 e. The molecule has 0 aliphatic heterocycles. The van der Waals surface area contributed by atoms with Gasteiger partial charge in [0.2, 0.25) is 5.89 Å². The molecule has 0 aliphatic rings. The van der Waals surface area contributed by atoms with Crippen molar-refractivity contribution in [3.63, 3.8) is 0 Å². The van der Waals surface area contributed by atoms with E-state index in [1.165, 1.54) is 0 Å². The third-order valence-corrected chi connectivity index (χ3v) is 9.79. The molecule has 7 heteroatoms. The summed E-state index contributed by atoms with van der Waals surface area (Å²) in [4.78, 5) is 19.8. The van der Waals surface area contributed by atoms with Gasteiger partial charge in [0, 0.05) is 49.9 Å². The molecule has 0 spiro atoms. The van der Waals surface area contributed by atoms with Crippen LogP contribution in [0.25, 0.3) is 112 Å². The van der Waals surface area contributed by atoms with Crippen molar-refractivity contribution >= 4 is 55.0 Å². The molecule has 0 aliphatic carbocycles. The molecular formula is C46H26N4O3. The fourth-order valence-corrected chi connectivity index (χ4v) is 7.29. The van der Waals surface area contributed by atoms with Gasteiger partial charge in [-0.3, -0.25) is 0 Å². The lowest BCUT2D eigenvalue weighted by Gasteiger charge is -2.10. The van der Waals surface area contributed by atoms with Gasteiger partial charge in [-0.15, -0.1) is 0 Å². The molecule has 53 heavy (non-hydrogen) atoms. The number of para-hydroxylation sites is 1. The van der Waals surface area contributed by atoms with Crippen LogP contribution in [0.3, 0.4) is 0 Å². The van der Waals surface area contributed by atoms with Crippen LogP contribution in [0.4, 0.5) is 0 Å². The molecule has 0 atom stereocenters. The lowest BCUT2D eigenvalue weighted by atomic mass is 9.98. The summed E-state index contributed by atoms with van der Waals surface area (Å²) in [5.41, 5.74) is 10.3. The number of rotatable bonds is 5. The molecule has 0 saturated carbocycles. The molecule has 4 aromatic heterocycles. The van der Waals surface area contributed by atoms with Gasteiger partial charge in [0.25, 0.3) is 0 Å². The Kier molecular flexibility index (Phi) is 6.42. The number of hydrogen-bond donors (Lipinski definition) is 0. The van der Waals surface area contributed by atoms with Crippen LogP contribution in [0, 0.1) is 0 Å². The second kappa shape index (κ2) is 11.6. The van der Waals surface area contributed by atoms with Gasteiger partial charge in [0.1, 0.15) is 27.8 Å². The summed E-state index contributed by atoms with van der Waals surface area (Å²) in [5, 5.41) is 3.99. The first kappa shape index (κ1) is 29.4. The van der Waals surface area contributed by atoms with Crippen molar-refractivity contribution in [2.45, 2.75) is 0 Å². The highest BCUT2D eigenvalue weighted by atomic mass is 16.4. The zero-order valence-corrected chi connectivity index (χ0v) is 28.0. The second-order valence-electron chi connectivity index (χ2n) is 13.0. The van der Waals surface area contributed by atoms with Crippen LogP contribution >= 0.6 is 0 Å². The van der Waals surface area contributed by atoms with Crippen LogP contribution in [0.15, 0.2) is 171 Å². The first-order valence-electron chi connectivity index (χ1n) is 17.4. The molecule has 7 aromatic carbocycles. The van der Waals surface area contributed by atoms with Gasteiger partial charge in [0.05, 0.1) is 0 Å². The molecule has 0 amide bonds. The van der Waals surface area contributed by atoms with E-state index in [1.807, 2.05) is 121 Å². The molecule has 0 saturated heterocycles. The molecule has 0 fully saturated rings. The average Bonchev–Trinajstić information content (AvgIpc) is 3.93. The van der Waals surface area contributed by atoms with E-state index in [1.54, 1.807) is 0 Å². The molecule has 4 heterocycles. The number of benzene rings is 7. The predicted molar refractivity (Wildman–Crippen MR) is 209 cm³/mol. The summed E-state index contributed by atoms with van der Waals surface area (Å²) in [6, 6.07) is 52.5. The maximum absolute atomic E-state index is 6.38. The highest BCUT2D eigenvalue weighted by molar-refractivity contribution is 6.15. The van der Waals surface area contributed by atoms with Crippen LogP contribution in [-0.2, 0) is 0 Å². The fraction of sp³-hybridized carbons (Fsp3) is 0. The maximum Gasteiger partial charge on any atom is 0.227 e. The number of fused-ring (bicyclic) bond motifs is 7. The van der Waals surface area contributed by atoms with Crippen LogP contribution in [0.2, 0.25) is 0 Å². The lowest BCUT2D eigenvalue weighted by molar-refractivity contribution is 0.620. The Labute approximate surface area is 301 Å². The Hall–Kier alpha value is -7.38. The van der Waals surface area contributed by atoms with Gasteiger partial charge < -0.3 is 13.3 Å². The maximum atomic E-state index is 6.38. The molecule has 0 radical (unpaired) electrons. The van der Waals surface area contributed by atoms with Gasteiger partial charge in [-0.25, -0.2) is 19.9 Å². The zero-order chi connectivity index (χ0) is 34.9. The van der Waals surface area contributed by atoms with Crippen molar-refractivity contribution in [3.8, 4) is 56.7 Å². The molecular weight excluding hydrogens is 657 g/mol. The minimum atomic E-state index is 0.582. The first-order valence-corrected chi connectivity index (χ1v) is 17.4. The van der Waals surface area contributed by atoms with Crippen molar-refractivity contribution < 1.29 is 13.3 Å². The van der Waals surface area contributed by atoms with E-state index in [0.717, 1.165) is 82.8 Å². The quantitative estimate of drug-likeness (QED) is 0.178. The Balaban J connectivity index is 1.03. The van der Waals surface area contributed by atoms with Gasteiger partial charge >= 0.3 is 0 Å². The summed E-state index contributed by atoms with van der Waals surface area (Å²) < 4.78 is 18.8. The van der Waals surface area contributed by atoms with Gasteiger partial charge in [-0.05, 0) is 47.5 Å². The van der Waals surface area contributed by atoms with Crippen molar-refractivity contribution in [2.24, 2.45) is 0 Å². The minimum Gasteiger partial charge on any atom is -0.456 e. The van der Waals surface area contributed by atoms with E-state index in [9.17, 15) is 0 Å². The summed E-state index contributed by atoms with van der Waals surface area (Å²) in [7, 11) is 0. The van der Waals surface area contributed by atoms with E-state index in [4.69, 9.17) is 33.2 Å². The summed E-state index contributed by atoms with van der Waals surface area (Å²) >= 11 is 0. The van der Waals surface area contributed by atoms with E-state index in [-0.39, 0.29) is 0 Å². The molecule has 248 valence electrons. The van der Waals surface area contributed by atoms with Crippen molar-refractivity contribution in [3.05, 3.63) is 158 Å². The monoisotopic (exact) mass is 682 g/mol. The van der Waals surface area contributed by atoms with Crippen molar-refractivity contribution in [2.75, 3.05) is 0 Å². The minimum absolute atomic E-state index is 0.582. The summed E-state index contributed by atoms with van der Waals surface area (Å²) in [6.45, 7) is 0. The van der Waals surface area contributed by atoms with Crippen LogP contribution in [-0.4, -0.2) is 19.9 Å². The Bertz CT molecular complexity index is 3160. The average molecular weight is 683 g/mol. The standard InChI is InChI=1S/C46H26N4O3/c1-3-11-28(12-4-1)43-48-44(50-45(49-43)33-17-10-20-38-42(33)32-15-7-8-18-36(32)51-38)29-23-21-27(22-24-29)31-16-9-19-37-41(31)34-25-40-35(26-39(34)52-37)47-46(53-40)30-13-5-2-6-14-30/h1-26H. The SMILES string of the molecule is c1ccc(-c2nc(-c3ccc(-c4cccc5oc6cc7nc(-c8ccccc8)oc7cc6c45)cc3)nc(-c3cccc4oc5ccccc5c34)n2)cc1. The van der Waals surface area contributed by atoms with E-state index in [2.05, 4.69) is 36.4 Å². The molecule has 0 bridgehead atoms. The highest BCUT2D eigenvalue weighted by Gasteiger charge is 2.19. The second-order valence-corrected chi connectivity index (χ2v) is 13.0. The number of furan rings is 2. The fourth-order valence-electron chi connectivity index (χ4n) is 7.29. The van der Waals surface area contributed by atoms with Crippen LogP contribution < -0.4 is 0 Å². The third kappa shape index (κ3) is 4.82. The number of nitrogens with zero attached hydrogens (tertiary/aromatic N) is 4. The topological polar surface area (TPSA) is 91.0 Å². The number of aromatic nitrogens is 4. The number of hydrogen-bond acceptors (Lipinski definition) is 7. The van der Waals surface area contributed by atoms with Gasteiger partial charge in [-0.1, -0.05) is 115 Å². The van der Waals surface area contributed by atoms with Crippen LogP contribution in [0.5, 0.6) is 0 Å². The molecule has 7 nitrogen and oxygen atoms in total. The van der Waals surface area contributed by atoms with E-state index >= 15 is 0 Å². The van der Waals surface area contributed by atoms with Crippen LogP contribution in [0.1, 0.15) is 0 Å². The van der Waals surface area contributed by atoms with Crippen molar-refractivity contribution in [1.82, 2.24) is 19.9 Å². The largest absolute Gasteiger partial charge is 0.456 e. The summed E-state index contributed by atoms with van der Waals surface area (Å²) in [5.74, 6) is 2.35. The molecule has 0 unspecified atom stereocenters. The first-order chi connectivity index (χ1) is 26.2. The Morgan fingerprint density at radius 2 is 0.887 bits per heavy atom. The molecule has 0 N–H and O–H groups in total. The van der Waals surface area contributed by atoms with Gasteiger partial charge in [-0.2, -0.15) is 0 Å². The van der Waals surface area contributed by atoms with Crippen molar-refractivity contribution in [1.29, 1.82) is 0 Å². The number of oxazole rings is 1. The van der Waals surface area contributed by atoms with E-state index < -0.39 is 0 Å². The lowest BCUT2D eigenvalue weighted by Crippen LogP contribution is -2.00. The normalized spacial score (nSPS) is 11.8. The zero-order valence-electron chi connectivity index (χ0n) is 28.0. The summed E-state index contributed by atoms with van der Waals surface area (Å²) in [6.07, 6.45) is 0. The van der Waals surface area contributed by atoms with E-state index in [0.29, 0.717) is 28.9 Å². The third-order valence-electron chi connectivity index (χ3n) is 9.79. The highest BCUT2D eigenvalue weighted by Crippen LogP contribution is 2.40. The molecule has 11 rings (SSSR count). The molecule has 11 aromatic rings. The Morgan fingerprint density at radius 1 is 0.321 bits per heavy atom.